The van der Waals surface area contributed by atoms with Crippen LogP contribution in [-0.4, -0.2) is 25.8 Å². The van der Waals surface area contributed by atoms with Crippen molar-refractivity contribution in [3.05, 3.63) is 48.2 Å². The van der Waals surface area contributed by atoms with E-state index in [0.717, 1.165) is 6.92 Å². The molecule has 0 unspecified atom stereocenters. The molecule has 0 spiro atoms. The fourth-order valence-corrected chi connectivity index (χ4v) is 2.33. The van der Waals surface area contributed by atoms with Crippen LogP contribution in [-0.2, 0) is 17.3 Å². The van der Waals surface area contributed by atoms with Gasteiger partial charge in [-0.1, -0.05) is 0 Å². The molecule has 3 aromatic rings. The van der Waals surface area contributed by atoms with Crippen LogP contribution in [0.2, 0.25) is 0 Å². The molecule has 2 N–H and O–H groups in total. The first-order chi connectivity index (χ1) is 13.7. The van der Waals surface area contributed by atoms with Gasteiger partial charge in [-0.05, 0) is 6.92 Å². The Labute approximate surface area is 164 Å². The highest BCUT2D eigenvalue weighted by atomic mass is 19.3. The van der Waals surface area contributed by atoms with Gasteiger partial charge in [0.2, 0.25) is 11.7 Å². The molecule has 0 fully saturated rings. The van der Waals surface area contributed by atoms with Gasteiger partial charge in [-0.15, -0.1) is 0 Å². The number of oxazole rings is 1. The number of halogens is 2. The Bertz CT molecular complexity index is 1010. The number of nitrogens with zero attached hydrogens (tertiary/aromatic N) is 4. The van der Waals surface area contributed by atoms with Crippen LogP contribution in [0.5, 0.6) is 5.75 Å². The molecule has 11 heteroatoms. The maximum Gasteiger partial charge on any atom is 0.303 e. The van der Waals surface area contributed by atoms with Crippen molar-refractivity contribution in [2.24, 2.45) is 0 Å². The van der Waals surface area contributed by atoms with Gasteiger partial charge in [0.15, 0.2) is 12.1 Å². The van der Waals surface area contributed by atoms with Gasteiger partial charge in [0.25, 0.3) is 0 Å². The van der Waals surface area contributed by atoms with Gasteiger partial charge in [0.1, 0.15) is 30.2 Å². The number of aryl methyl sites for hydroxylation is 1. The molecule has 9 nitrogen and oxygen atoms in total. The van der Waals surface area contributed by atoms with Crippen LogP contribution in [0.1, 0.15) is 31.1 Å². The second kappa shape index (κ2) is 8.17. The van der Waals surface area contributed by atoms with Gasteiger partial charge < -0.3 is 19.8 Å². The lowest BCUT2D eigenvalue weighted by Gasteiger charge is -2.15. The maximum absolute atomic E-state index is 13.7. The summed E-state index contributed by atoms with van der Waals surface area (Å²) in [7, 11) is 0. The second-order valence-corrected chi connectivity index (χ2v) is 6.25. The zero-order chi connectivity index (χ0) is 21.0. The largest absolute Gasteiger partial charge is 0.483 e. The number of alkyl halides is 2. The molecule has 3 aromatic heterocycles. The average Bonchev–Trinajstić information content (AvgIpc) is 3.13. The van der Waals surface area contributed by atoms with E-state index in [4.69, 9.17) is 9.15 Å². The number of pyridine rings is 1. The van der Waals surface area contributed by atoms with Gasteiger partial charge in [-0.25, -0.2) is 19.9 Å². The highest BCUT2D eigenvalue weighted by Crippen LogP contribution is 2.31. The molecule has 0 aliphatic heterocycles. The second-order valence-electron chi connectivity index (χ2n) is 6.25. The summed E-state index contributed by atoms with van der Waals surface area (Å²) in [6.45, 7) is 3.74. The predicted octanol–water partition coefficient (Wildman–Crippen LogP) is 3.56. The first kappa shape index (κ1) is 20.1. The highest BCUT2D eigenvalue weighted by Gasteiger charge is 2.29. The molecule has 3 rings (SSSR count). The number of carbonyl (C=O) groups is 1. The van der Waals surface area contributed by atoms with Crippen LogP contribution in [0, 0.1) is 6.92 Å². The van der Waals surface area contributed by atoms with E-state index in [2.05, 4.69) is 30.6 Å². The summed E-state index contributed by atoms with van der Waals surface area (Å²) in [5, 5.41) is 5.47. The maximum atomic E-state index is 13.7. The monoisotopic (exact) mass is 404 g/mol. The van der Waals surface area contributed by atoms with Crippen molar-refractivity contribution in [2.45, 2.75) is 33.3 Å². The Kier molecular flexibility index (Phi) is 5.66. The summed E-state index contributed by atoms with van der Waals surface area (Å²) in [4.78, 5) is 27.0. The molecule has 0 saturated carbocycles. The zero-order valence-electron chi connectivity index (χ0n) is 15.9. The third-order valence-electron chi connectivity index (χ3n) is 3.54. The third kappa shape index (κ3) is 5.43. The van der Waals surface area contributed by atoms with Crippen LogP contribution in [0.15, 0.2) is 35.4 Å². The number of hydrogen-bond donors (Lipinski definition) is 2. The quantitative estimate of drug-likeness (QED) is 0.614. The predicted molar refractivity (Wildman–Crippen MR) is 99.0 cm³/mol. The Morgan fingerprint density at radius 1 is 1.24 bits per heavy atom. The van der Waals surface area contributed by atoms with E-state index in [-0.39, 0.29) is 24.1 Å². The van der Waals surface area contributed by atoms with E-state index in [1.807, 2.05) is 0 Å². The van der Waals surface area contributed by atoms with E-state index in [1.54, 1.807) is 6.92 Å². The molecule has 0 radical (unpaired) electrons. The van der Waals surface area contributed by atoms with E-state index < -0.39 is 11.7 Å². The molecule has 3 heterocycles. The fourth-order valence-electron chi connectivity index (χ4n) is 2.33. The number of aromatic nitrogens is 4. The van der Waals surface area contributed by atoms with Gasteiger partial charge >= 0.3 is 5.92 Å². The van der Waals surface area contributed by atoms with Crippen LogP contribution in [0.3, 0.4) is 0 Å². The molecule has 0 saturated heterocycles. The lowest BCUT2D eigenvalue weighted by atomic mass is 10.3. The van der Waals surface area contributed by atoms with Crippen LogP contribution < -0.4 is 15.4 Å². The third-order valence-corrected chi connectivity index (χ3v) is 3.54. The van der Waals surface area contributed by atoms with Gasteiger partial charge in [0.05, 0.1) is 11.9 Å². The SMILES string of the molecule is CC(=O)Nc1cc(Nc2cc(C)nc(C(C)(F)F)n2)c(OCc2cocn2)cn1. The first-order valence-electron chi connectivity index (χ1n) is 8.49. The number of anilines is 3. The van der Waals surface area contributed by atoms with Crippen molar-refractivity contribution in [3.63, 3.8) is 0 Å². The lowest BCUT2D eigenvalue weighted by Crippen LogP contribution is -2.14. The molecule has 0 atom stereocenters. The Morgan fingerprint density at radius 3 is 2.69 bits per heavy atom. The van der Waals surface area contributed by atoms with Crippen molar-refractivity contribution in [1.82, 2.24) is 19.9 Å². The van der Waals surface area contributed by atoms with E-state index in [9.17, 15) is 13.6 Å². The highest BCUT2D eigenvalue weighted by molar-refractivity contribution is 5.88. The fraction of sp³-hybridized carbons (Fsp3) is 0.278. The molecule has 0 bridgehead atoms. The molecule has 0 aromatic carbocycles. The van der Waals surface area contributed by atoms with Crippen molar-refractivity contribution in [1.29, 1.82) is 0 Å². The van der Waals surface area contributed by atoms with Crippen LogP contribution in [0.4, 0.5) is 26.1 Å². The lowest BCUT2D eigenvalue weighted by molar-refractivity contribution is -0.114. The van der Waals surface area contributed by atoms with E-state index in [1.165, 1.54) is 37.9 Å². The Hall–Kier alpha value is -3.63. The molecule has 1 amide bonds. The normalized spacial score (nSPS) is 11.2. The topological polar surface area (TPSA) is 115 Å². The number of hydrogen-bond acceptors (Lipinski definition) is 8. The zero-order valence-corrected chi connectivity index (χ0v) is 15.9. The number of carbonyl (C=O) groups excluding carboxylic acids is 1. The van der Waals surface area contributed by atoms with Gasteiger partial charge in [-0.3, -0.25) is 4.79 Å². The number of ether oxygens (including phenoxy) is 1. The minimum Gasteiger partial charge on any atom is -0.483 e. The van der Waals surface area contributed by atoms with Crippen molar-refractivity contribution in [2.75, 3.05) is 10.6 Å². The molecule has 29 heavy (non-hydrogen) atoms. The van der Waals surface area contributed by atoms with Crippen LogP contribution >= 0.6 is 0 Å². The Morgan fingerprint density at radius 2 is 2.03 bits per heavy atom. The van der Waals surface area contributed by atoms with Crippen molar-refractivity contribution in [3.8, 4) is 5.75 Å². The first-order valence-corrected chi connectivity index (χ1v) is 8.49. The summed E-state index contributed by atoms with van der Waals surface area (Å²) in [5.74, 6) is -3.44. The number of nitrogens with one attached hydrogen (secondary N) is 2. The molecule has 0 aliphatic rings. The Balaban J connectivity index is 1.92. The summed E-state index contributed by atoms with van der Waals surface area (Å²) < 4.78 is 37.9. The summed E-state index contributed by atoms with van der Waals surface area (Å²) in [6, 6.07) is 3.01. The minimum atomic E-state index is -3.20. The molecular formula is C18H18F2N6O3. The van der Waals surface area contributed by atoms with Gasteiger partial charge in [-0.2, -0.15) is 8.78 Å². The molecular weight excluding hydrogens is 386 g/mol. The van der Waals surface area contributed by atoms with E-state index in [0.29, 0.717) is 22.8 Å². The standard InChI is InChI=1S/C18H18F2N6O3/c1-10-4-16(26-17(23-10)18(3,19)20)25-13-5-15(24-11(2)27)21-6-14(13)29-8-12-7-28-9-22-12/h4-7,9H,8H2,1-3H3,(H2,21,23,24,25,26,27). The number of rotatable bonds is 7. The molecule has 0 aliphatic carbocycles. The summed E-state index contributed by atoms with van der Waals surface area (Å²) in [5.41, 5.74) is 1.27. The summed E-state index contributed by atoms with van der Waals surface area (Å²) in [6.07, 6.45) is 4.08. The smallest absolute Gasteiger partial charge is 0.303 e. The van der Waals surface area contributed by atoms with Gasteiger partial charge in [0, 0.05) is 31.7 Å². The molecule has 152 valence electrons. The summed E-state index contributed by atoms with van der Waals surface area (Å²) >= 11 is 0. The van der Waals surface area contributed by atoms with Crippen LogP contribution in [0.25, 0.3) is 0 Å². The van der Waals surface area contributed by atoms with E-state index >= 15 is 0 Å². The number of amides is 1. The average molecular weight is 404 g/mol. The van der Waals surface area contributed by atoms with Crippen molar-refractivity contribution < 1.29 is 22.7 Å². The minimum absolute atomic E-state index is 0.0907. The van der Waals surface area contributed by atoms with Crippen molar-refractivity contribution >= 4 is 23.2 Å².